The van der Waals surface area contributed by atoms with Crippen LogP contribution in [-0.2, 0) is 14.6 Å². The number of pyridine rings is 1. The van der Waals surface area contributed by atoms with Crippen molar-refractivity contribution in [1.29, 1.82) is 5.26 Å². The van der Waals surface area contributed by atoms with Crippen LogP contribution in [0.5, 0.6) is 0 Å². The minimum absolute atomic E-state index is 0.0150. The highest BCUT2D eigenvalue weighted by Crippen LogP contribution is 2.51. The smallest absolute Gasteiger partial charge is 0.249 e. The maximum absolute atomic E-state index is 14.7. The fourth-order valence-corrected chi connectivity index (χ4v) is 7.21. The molecular formula is C30H31FN4O4S. The van der Waals surface area contributed by atoms with E-state index >= 15 is 0 Å². The average molecular weight is 563 g/mol. The first-order valence-corrected chi connectivity index (χ1v) is 15.7. The molecule has 1 aliphatic heterocycles. The van der Waals surface area contributed by atoms with Crippen molar-refractivity contribution in [2.24, 2.45) is 11.3 Å². The molecule has 0 bridgehead atoms. The molecule has 3 aromatic rings. The Bertz CT molecular complexity index is 1560. The van der Waals surface area contributed by atoms with Crippen molar-refractivity contribution in [2.45, 2.75) is 50.9 Å². The fourth-order valence-electron chi connectivity index (χ4n) is 6.01. The van der Waals surface area contributed by atoms with Gasteiger partial charge < -0.3 is 9.32 Å². The van der Waals surface area contributed by atoms with E-state index in [1.54, 1.807) is 0 Å². The monoisotopic (exact) mass is 562 g/mol. The van der Waals surface area contributed by atoms with Gasteiger partial charge in [-0.1, -0.05) is 25.0 Å². The molecule has 3 aliphatic rings. The normalized spacial score (nSPS) is 23.4. The van der Waals surface area contributed by atoms with E-state index in [-0.39, 0.29) is 47.1 Å². The van der Waals surface area contributed by atoms with Crippen molar-refractivity contribution in [3.8, 4) is 28.9 Å². The lowest BCUT2D eigenvalue weighted by Gasteiger charge is -2.30. The Morgan fingerprint density at radius 2 is 1.82 bits per heavy atom. The third-order valence-corrected chi connectivity index (χ3v) is 10.2. The van der Waals surface area contributed by atoms with Crippen LogP contribution >= 0.6 is 0 Å². The van der Waals surface area contributed by atoms with E-state index in [9.17, 15) is 22.9 Å². The Hall–Kier alpha value is -3.58. The first-order chi connectivity index (χ1) is 19.3. The van der Waals surface area contributed by atoms with Gasteiger partial charge in [0.05, 0.1) is 23.0 Å². The molecule has 2 aliphatic carbocycles. The molecule has 208 valence electrons. The summed E-state index contributed by atoms with van der Waals surface area (Å²) in [5.41, 5.74) is 1.73. The van der Waals surface area contributed by atoms with Crippen LogP contribution in [0, 0.1) is 28.5 Å². The summed E-state index contributed by atoms with van der Waals surface area (Å²) in [5.74, 6) is -0.0904. The molecule has 40 heavy (non-hydrogen) atoms. The van der Waals surface area contributed by atoms with E-state index in [0.29, 0.717) is 24.5 Å². The molecule has 2 saturated carbocycles. The highest BCUT2D eigenvalue weighted by molar-refractivity contribution is 7.91. The van der Waals surface area contributed by atoms with E-state index in [1.165, 1.54) is 18.3 Å². The number of anilines is 1. The molecular weight excluding hydrogens is 531 g/mol. The number of halogens is 1. The Kier molecular flexibility index (Phi) is 6.95. The molecule has 2 aromatic heterocycles. The number of oxazole rings is 1. The van der Waals surface area contributed by atoms with Gasteiger partial charge in [-0.25, -0.2) is 22.8 Å². The number of benzene rings is 1. The molecule has 0 N–H and O–H groups in total. The number of carbonyl (C=O) groups is 1. The number of nitrogens with zero attached hydrogens (tertiary/aromatic N) is 4. The summed E-state index contributed by atoms with van der Waals surface area (Å²) in [6, 6.07) is 12.8. The largest absolute Gasteiger partial charge is 0.439 e. The molecule has 10 heteroatoms. The number of ketones is 1. The van der Waals surface area contributed by atoms with Crippen molar-refractivity contribution in [1.82, 2.24) is 9.97 Å². The zero-order valence-corrected chi connectivity index (χ0v) is 23.0. The second-order valence-corrected chi connectivity index (χ2v) is 13.6. The topological polar surface area (TPSA) is 117 Å². The van der Waals surface area contributed by atoms with Crippen molar-refractivity contribution in [3.63, 3.8) is 0 Å². The Labute approximate surface area is 233 Å². The number of hydrogen-bond acceptors (Lipinski definition) is 8. The van der Waals surface area contributed by atoms with Gasteiger partial charge in [-0.3, -0.25) is 4.79 Å². The van der Waals surface area contributed by atoms with Gasteiger partial charge in [0, 0.05) is 48.8 Å². The second kappa shape index (κ2) is 10.4. The number of carbonyl (C=O) groups excluding carboxylic acids is 1. The van der Waals surface area contributed by atoms with E-state index < -0.39 is 21.1 Å². The maximum Gasteiger partial charge on any atom is 0.249 e. The van der Waals surface area contributed by atoms with Crippen molar-refractivity contribution >= 4 is 21.3 Å². The van der Waals surface area contributed by atoms with Gasteiger partial charge in [-0.05, 0) is 49.9 Å². The van der Waals surface area contributed by atoms with Gasteiger partial charge >= 0.3 is 0 Å². The summed E-state index contributed by atoms with van der Waals surface area (Å²) >= 11 is 0. The lowest BCUT2D eigenvalue weighted by atomic mass is 9.73. The summed E-state index contributed by atoms with van der Waals surface area (Å²) in [6.45, 7) is 0.881. The van der Waals surface area contributed by atoms with E-state index in [1.807, 2.05) is 29.2 Å². The predicted molar refractivity (Wildman–Crippen MR) is 148 cm³/mol. The Morgan fingerprint density at radius 1 is 1.10 bits per heavy atom. The molecule has 2 atom stereocenters. The van der Waals surface area contributed by atoms with Crippen LogP contribution in [-0.4, -0.2) is 48.8 Å². The van der Waals surface area contributed by atoms with Crippen molar-refractivity contribution < 1.29 is 22.0 Å². The number of hydrogen-bond donors (Lipinski definition) is 0. The SMILES string of the molecule is N#CC1(CC(=O)[C@@H]2CCCC[C@H]2c2oc(-c3ncccc3F)nc2-c2ccc(N3CCS(=O)(=O)CC3)cc2)CC1. The van der Waals surface area contributed by atoms with Gasteiger partial charge in [-0.2, -0.15) is 5.26 Å². The molecule has 0 radical (unpaired) electrons. The average Bonchev–Trinajstić information content (AvgIpc) is 3.60. The molecule has 8 nitrogen and oxygen atoms in total. The Balaban J connectivity index is 1.36. The molecule has 0 amide bonds. The molecule has 1 aromatic carbocycles. The highest BCUT2D eigenvalue weighted by atomic mass is 32.2. The number of nitriles is 1. The van der Waals surface area contributed by atoms with Gasteiger partial charge in [0.15, 0.2) is 21.3 Å². The summed E-state index contributed by atoms with van der Waals surface area (Å²) in [7, 11) is -2.99. The summed E-state index contributed by atoms with van der Waals surface area (Å²) in [4.78, 5) is 24.4. The standard InChI is InChI=1S/C30H31FN4O4S/c31-24-6-3-13-33-27(24)29-34-26(20-7-9-21(10-8-20)35-14-16-40(37,38)17-15-35)28(39-29)23-5-2-1-4-22(23)25(36)18-30(19-32)11-12-30/h3,6-10,13,22-23H,1-2,4-5,11-12,14-18H2/t22-,23-/m1/s1. The Morgan fingerprint density at radius 3 is 2.50 bits per heavy atom. The molecule has 1 saturated heterocycles. The van der Waals surface area contributed by atoms with E-state index in [2.05, 4.69) is 11.1 Å². The summed E-state index contributed by atoms with van der Waals surface area (Å²) in [6.07, 6.45) is 6.59. The summed E-state index contributed by atoms with van der Waals surface area (Å²) in [5, 5.41) is 9.57. The second-order valence-electron chi connectivity index (χ2n) is 11.3. The van der Waals surface area contributed by atoms with Crippen molar-refractivity contribution in [2.75, 3.05) is 29.5 Å². The minimum atomic E-state index is -2.99. The molecule has 6 rings (SSSR count). The predicted octanol–water partition coefficient (Wildman–Crippen LogP) is 5.31. The van der Waals surface area contributed by atoms with Crippen LogP contribution in [0.1, 0.15) is 56.6 Å². The van der Waals surface area contributed by atoms with E-state index in [0.717, 1.165) is 49.8 Å². The van der Waals surface area contributed by atoms with Gasteiger partial charge in [0.1, 0.15) is 17.2 Å². The van der Waals surface area contributed by atoms with Crippen LogP contribution < -0.4 is 4.90 Å². The molecule has 3 heterocycles. The first-order valence-electron chi connectivity index (χ1n) is 13.9. The first kappa shape index (κ1) is 26.6. The number of aromatic nitrogens is 2. The van der Waals surface area contributed by atoms with Gasteiger partial charge in [-0.15, -0.1) is 0 Å². The van der Waals surface area contributed by atoms with E-state index in [4.69, 9.17) is 9.40 Å². The molecule has 0 unspecified atom stereocenters. The maximum atomic E-state index is 14.7. The molecule has 0 spiro atoms. The van der Waals surface area contributed by atoms with Gasteiger partial charge in [0.25, 0.3) is 0 Å². The van der Waals surface area contributed by atoms with Crippen molar-refractivity contribution in [3.05, 3.63) is 54.2 Å². The highest BCUT2D eigenvalue weighted by Gasteiger charge is 2.47. The van der Waals surface area contributed by atoms with Crippen LogP contribution in [0.15, 0.2) is 47.0 Å². The number of Topliss-reactive ketones (excluding diaryl/α,β-unsaturated/α-hetero) is 1. The lowest BCUT2D eigenvalue weighted by molar-refractivity contribution is -0.125. The lowest BCUT2D eigenvalue weighted by Crippen LogP contribution is -2.40. The van der Waals surface area contributed by atoms with Crippen LogP contribution in [0.25, 0.3) is 22.8 Å². The third kappa shape index (κ3) is 5.27. The van der Waals surface area contributed by atoms with Crippen LogP contribution in [0.3, 0.4) is 0 Å². The number of sulfone groups is 1. The van der Waals surface area contributed by atoms with Gasteiger partial charge in [0.2, 0.25) is 5.89 Å². The quantitative estimate of drug-likeness (QED) is 0.380. The van der Waals surface area contributed by atoms with Crippen LogP contribution in [0.4, 0.5) is 10.1 Å². The number of rotatable bonds is 7. The summed E-state index contributed by atoms with van der Waals surface area (Å²) < 4.78 is 44.7. The molecule has 3 fully saturated rings. The fraction of sp³-hybridized carbons (Fsp3) is 0.467. The zero-order valence-electron chi connectivity index (χ0n) is 22.2. The zero-order chi connectivity index (χ0) is 27.9. The minimum Gasteiger partial charge on any atom is -0.439 e. The third-order valence-electron chi connectivity index (χ3n) is 8.58. The van der Waals surface area contributed by atoms with Crippen LogP contribution in [0.2, 0.25) is 0 Å².